The Labute approximate surface area is 212 Å². The molecular weight excluding hydrogens is 533 g/mol. The zero-order valence-corrected chi connectivity index (χ0v) is 21.1. The number of hydrogen-bond acceptors (Lipinski definition) is 5. The lowest BCUT2D eigenvalue weighted by Crippen LogP contribution is -2.52. The zero-order chi connectivity index (χ0) is 22.2. The summed E-state index contributed by atoms with van der Waals surface area (Å²) in [6.45, 7) is 7.75. The van der Waals surface area contributed by atoms with E-state index in [2.05, 4.69) is 45.4 Å². The van der Waals surface area contributed by atoms with E-state index in [1.807, 2.05) is 0 Å². The van der Waals surface area contributed by atoms with Gasteiger partial charge in [-0.1, -0.05) is 42.5 Å². The maximum atomic E-state index is 10.9. The molecule has 1 atom stereocenters. The van der Waals surface area contributed by atoms with Gasteiger partial charge in [-0.3, -0.25) is 15.0 Å². The first-order chi connectivity index (χ1) is 15.7. The number of guanidine groups is 1. The van der Waals surface area contributed by atoms with E-state index in [4.69, 9.17) is 9.73 Å². The molecule has 2 saturated heterocycles. The van der Waals surface area contributed by atoms with E-state index >= 15 is 0 Å². The van der Waals surface area contributed by atoms with Crippen LogP contribution >= 0.6 is 24.0 Å². The molecule has 0 amide bonds. The molecule has 2 heterocycles. The first-order valence-electron chi connectivity index (χ1n) is 11.3. The molecule has 1 N–H and O–H groups in total. The summed E-state index contributed by atoms with van der Waals surface area (Å²) in [6.07, 6.45) is 1.08. The van der Waals surface area contributed by atoms with E-state index in [1.165, 1.54) is 17.7 Å². The summed E-state index contributed by atoms with van der Waals surface area (Å²) in [4.78, 5) is 20.2. The van der Waals surface area contributed by atoms with E-state index in [0.717, 1.165) is 70.4 Å². The molecule has 1 unspecified atom stereocenters. The molecule has 0 aliphatic carbocycles. The first kappa shape index (κ1) is 25.4. The largest absolute Gasteiger partial charge is 0.381 e. The number of rotatable bonds is 7. The molecule has 2 aliphatic heterocycles. The van der Waals surface area contributed by atoms with Crippen LogP contribution in [0, 0.1) is 16.0 Å². The second kappa shape index (κ2) is 12.9. The Hall–Kier alpha value is -2.24. The average molecular weight is 565 g/mol. The van der Waals surface area contributed by atoms with E-state index in [-0.39, 0.29) is 34.6 Å². The van der Waals surface area contributed by atoms with Crippen molar-refractivity contribution in [1.82, 2.24) is 15.1 Å². The van der Waals surface area contributed by atoms with E-state index in [9.17, 15) is 10.1 Å². The molecule has 0 saturated carbocycles. The molecule has 4 rings (SSSR count). The third-order valence-electron chi connectivity index (χ3n) is 6.05. The average Bonchev–Trinajstić information content (AvgIpc) is 3.34. The fraction of sp³-hybridized carbons (Fsp3) is 0.458. The van der Waals surface area contributed by atoms with Crippen LogP contribution in [0.1, 0.15) is 17.5 Å². The van der Waals surface area contributed by atoms with E-state index < -0.39 is 0 Å². The summed E-state index contributed by atoms with van der Waals surface area (Å²) in [7, 11) is 0. The van der Waals surface area contributed by atoms with Gasteiger partial charge in [-0.15, -0.1) is 24.0 Å². The number of nitrogens with one attached hydrogen (secondary N) is 1. The summed E-state index contributed by atoms with van der Waals surface area (Å²) < 4.78 is 5.51. The first-order valence-corrected chi connectivity index (χ1v) is 11.3. The molecule has 2 aromatic carbocycles. The monoisotopic (exact) mass is 565 g/mol. The number of piperazine rings is 1. The van der Waals surface area contributed by atoms with Crippen LogP contribution in [0.5, 0.6) is 0 Å². The fourth-order valence-electron chi connectivity index (χ4n) is 4.10. The van der Waals surface area contributed by atoms with Gasteiger partial charge in [0, 0.05) is 63.9 Å². The van der Waals surface area contributed by atoms with Crippen LogP contribution in [0.25, 0.3) is 0 Å². The van der Waals surface area contributed by atoms with Gasteiger partial charge in [-0.2, -0.15) is 0 Å². The van der Waals surface area contributed by atoms with Crippen LogP contribution < -0.4 is 5.32 Å². The Morgan fingerprint density at radius 1 is 1.06 bits per heavy atom. The van der Waals surface area contributed by atoms with E-state index in [0.29, 0.717) is 12.5 Å². The lowest BCUT2D eigenvalue weighted by Gasteiger charge is -2.37. The van der Waals surface area contributed by atoms with Gasteiger partial charge in [0.1, 0.15) is 0 Å². The summed E-state index contributed by atoms with van der Waals surface area (Å²) in [5.74, 6) is 1.42. The SMILES string of the molecule is I.O=[N+]([O-])c1ccc(CN=C(NCC2CCOC2)N2CCN(Cc3ccccc3)CC2)cc1. The van der Waals surface area contributed by atoms with Gasteiger partial charge in [0.05, 0.1) is 18.1 Å². The normalized spacial score (nSPS) is 19.2. The van der Waals surface area contributed by atoms with Crippen LogP contribution in [0.4, 0.5) is 5.69 Å². The van der Waals surface area contributed by atoms with Crippen molar-refractivity contribution in [2.24, 2.45) is 10.9 Å². The smallest absolute Gasteiger partial charge is 0.269 e. The van der Waals surface area contributed by atoms with Crippen molar-refractivity contribution in [1.29, 1.82) is 0 Å². The van der Waals surface area contributed by atoms with Gasteiger partial charge in [-0.25, -0.2) is 4.99 Å². The summed E-state index contributed by atoms with van der Waals surface area (Å²) >= 11 is 0. The molecule has 178 valence electrons. The van der Waals surface area contributed by atoms with Crippen molar-refractivity contribution >= 4 is 35.6 Å². The summed E-state index contributed by atoms with van der Waals surface area (Å²) in [6, 6.07) is 17.2. The molecule has 0 radical (unpaired) electrons. The van der Waals surface area contributed by atoms with Crippen LogP contribution in [-0.4, -0.2) is 66.6 Å². The summed E-state index contributed by atoms with van der Waals surface area (Å²) in [5, 5.41) is 14.4. The Morgan fingerprint density at radius 2 is 1.79 bits per heavy atom. The molecule has 0 spiro atoms. The van der Waals surface area contributed by atoms with Crippen molar-refractivity contribution in [3.8, 4) is 0 Å². The Bertz CT molecular complexity index is 896. The van der Waals surface area contributed by atoms with Crippen molar-refractivity contribution in [3.63, 3.8) is 0 Å². The van der Waals surface area contributed by atoms with Crippen LogP contribution in [-0.2, 0) is 17.8 Å². The summed E-state index contributed by atoms with van der Waals surface area (Å²) in [5.41, 5.74) is 2.40. The predicted octanol–water partition coefficient (Wildman–Crippen LogP) is 3.51. The lowest BCUT2D eigenvalue weighted by molar-refractivity contribution is -0.384. The molecule has 0 aromatic heterocycles. The molecule has 0 bridgehead atoms. The van der Waals surface area contributed by atoms with Crippen LogP contribution in [0.3, 0.4) is 0 Å². The van der Waals surface area contributed by atoms with E-state index in [1.54, 1.807) is 12.1 Å². The van der Waals surface area contributed by atoms with Crippen LogP contribution in [0.2, 0.25) is 0 Å². The quantitative estimate of drug-likeness (QED) is 0.182. The van der Waals surface area contributed by atoms with Gasteiger partial charge in [-0.05, 0) is 17.5 Å². The van der Waals surface area contributed by atoms with Crippen molar-refractivity contribution in [2.75, 3.05) is 45.9 Å². The van der Waals surface area contributed by atoms with Gasteiger partial charge >= 0.3 is 0 Å². The number of halogens is 1. The highest BCUT2D eigenvalue weighted by Crippen LogP contribution is 2.14. The number of nitro benzene ring substituents is 1. The standard InChI is InChI=1S/C24H31N5O3.HI/c30-29(31)23-8-6-20(7-9-23)16-25-24(26-17-22-10-15-32-19-22)28-13-11-27(12-14-28)18-21-4-2-1-3-5-21;/h1-9,22H,10-19H2,(H,25,26);1H. The molecule has 33 heavy (non-hydrogen) atoms. The van der Waals surface area contributed by atoms with Gasteiger partial charge < -0.3 is 15.0 Å². The van der Waals surface area contributed by atoms with Gasteiger partial charge in [0.2, 0.25) is 0 Å². The Morgan fingerprint density at radius 3 is 2.42 bits per heavy atom. The molecule has 2 fully saturated rings. The molecule has 2 aliphatic rings. The Balaban J connectivity index is 0.00000306. The second-order valence-electron chi connectivity index (χ2n) is 8.42. The molecule has 9 heteroatoms. The minimum Gasteiger partial charge on any atom is -0.381 e. The minimum absolute atomic E-state index is 0. The minimum atomic E-state index is -0.376. The third-order valence-corrected chi connectivity index (χ3v) is 6.05. The number of non-ortho nitro benzene ring substituents is 1. The van der Waals surface area contributed by atoms with Crippen molar-refractivity contribution in [3.05, 3.63) is 75.8 Å². The Kier molecular flexibility index (Phi) is 9.89. The highest BCUT2D eigenvalue weighted by molar-refractivity contribution is 14.0. The highest BCUT2D eigenvalue weighted by atomic mass is 127. The number of nitrogens with zero attached hydrogens (tertiary/aromatic N) is 4. The number of nitro groups is 1. The van der Waals surface area contributed by atoms with Crippen LogP contribution in [0.15, 0.2) is 59.6 Å². The molecule has 2 aromatic rings. The number of hydrogen-bond donors (Lipinski definition) is 1. The third kappa shape index (κ3) is 7.65. The zero-order valence-electron chi connectivity index (χ0n) is 18.8. The number of ether oxygens (including phenoxy) is 1. The maximum absolute atomic E-state index is 10.9. The highest BCUT2D eigenvalue weighted by Gasteiger charge is 2.22. The van der Waals surface area contributed by atoms with Crippen molar-refractivity contribution in [2.45, 2.75) is 19.5 Å². The maximum Gasteiger partial charge on any atom is 0.269 e. The van der Waals surface area contributed by atoms with Crippen molar-refractivity contribution < 1.29 is 9.66 Å². The molecular formula is C24H32IN5O3. The molecule has 8 nitrogen and oxygen atoms in total. The van der Waals surface area contributed by atoms with Gasteiger partial charge in [0.25, 0.3) is 5.69 Å². The second-order valence-corrected chi connectivity index (χ2v) is 8.42. The number of benzene rings is 2. The lowest BCUT2D eigenvalue weighted by atomic mass is 10.1. The number of aliphatic imine (C=N–C) groups is 1. The predicted molar refractivity (Wildman–Crippen MR) is 140 cm³/mol. The fourth-order valence-corrected chi connectivity index (χ4v) is 4.10. The topological polar surface area (TPSA) is 83.2 Å². The van der Waals surface area contributed by atoms with Gasteiger partial charge in [0.15, 0.2) is 5.96 Å².